The van der Waals surface area contributed by atoms with Crippen LogP contribution in [0.15, 0.2) is 0 Å². The third-order valence-corrected chi connectivity index (χ3v) is 6.66. The molecule has 21 heavy (non-hydrogen) atoms. The monoisotopic (exact) mass is 312 g/mol. The zero-order valence-electron chi connectivity index (χ0n) is 13.1. The molecule has 0 radical (unpaired) electrons. The van der Waals surface area contributed by atoms with Gasteiger partial charge in [0.25, 0.3) is 0 Å². The van der Waals surface area contributed by atoms with Gasteiger partial charge < -0.3 is 10.6 Å². The highest BCUT2D eigenvalue weighted by molar-refractivity contribution is 5.85. The molecule has 0 spiro atoms. The minimum atomic E-state index is 0. The van der Waals surface area contributed by atoms with Gasteiger partial charge in [0, 0.05) is 18.0 Å². The molecule has 4 aliphatic carbocycles. The van der Waals surface area contributed by atoms with Crippen molar-refractivity contribution in [2.75, 3.05) is 13.1 Å². The average molecular weight is 313 g/mol. The maximum absolute atomic E-state index is 13.0. The van der Waals surface area contributed by atoms with Gasteiger partial charge in [0.1, 0.15) is 0 Å². The SMILES string of the molecule is CC1CCNCC1NC(=O)C12CC3CC(CC(C3)C1)C2.Cl. The Morgan fingerprint density at radius 2 is 1.67 bits per heavy atom. The maximum Gasteiger partial charge on any atom is 0.226 e. The first-order chi connectivity index (χ1) is 9.64. The van der Waals surface area contributed by atoms with E-state index in [4.69, 9.17) is 0 Å². The molecule has 1 heterocycles. The van der Waals surface area contributed by atoms with Gasteiger partial charge >= 0.3 is 0 Å². The van der Waals surface area contributed by atoms with E-state index >= 15 is 0 Å². The number of amides is 1. The van der Waals surface area contributed by atoms with Crippen LogP contribution in [0.5, 0.6) is 0 Å². The second-order valence-corrected chi connectivity index (χ2v) is 8.25. The molecular weight excluding hydrogens is 284 g/mol. The summed E-state index contributed by atoms with van der Waals surface area (Å²) >= 11 is 0. The molecule has 3 nitrogen and oxygen atoms in total. The van der Waals surface area contributed by atoms with Gasteiger partial charge in [-0.05, 0) is 75.2 Å². The fourth-order valence-electron chi connectivity index (χ4n) is 5.89. The van der Waals surface area contributed by atoms with Crippen molar-refractivity contribution in [2.24, 2.45) is 29.1 Å². The molecule has 0 aromatic carbocycles. The molecule has 4 saturated carbocycles. The summed E-state index contributed by atoms with van der Waals surface area (Å²) in [7, 11) is 0. The Kier molecular flexibility index (Phi) is 4.26. The summed E-state index contributed by atoms with van der Waals surface area (Å²) in [5, 5.41) is 6.85. The number of halogens is 1. The Labute approximate surface area is 134 Å². The molecule has 2 unspecified atom stereocenters. The Bertz CT molecular complexity index is 376. The largest absolute Gasteiger partial charge is 0.351 e. The molecule has 5 aliphatic rings. The van der Waals surface area contributed by atoms with E-state index in [2.05, 4.69) is 17.6 Å². The van der Waals surface area contributed by atoms with Gasteiger partial charge in [-0.2, -0.15) is 0 Å². The number of hydrogen-bond acceptors (Lipinski definition) is 2. The summed E-state index contributed by atoms with van der Waals surface area (Å²) in [6.45, 7) is 4.34. The van der Waals surface area contributed by atoms with E-state index in [0.717, 1.165) is 30.8 Å². The predicted octanol–water partition coefficient (Wildman–Crippen LogP) is 2.74. The fraction of sp³-hybridized carbons (Fsp3) is 0.941. The number of nitrogens with one attached hydrogen (secondary N) is 2. The third-order valence-electron chi connectivity index (χ3n) is 6.66. The molecule has 5 fully saturated rings. The number of hydrogen-bond donors (Lipinski definition) is 2. The smallest absolute Gasteiger partial charge is 0.226 e. The van der Waals surface area contributed by atoms with Crippen LogP contribution in [0.25, 0.3) is 0 Å². The van der Waals surface area contributed by atoms with Crippen molar-refractivity contribution < 1.29 is 4.79 Å². The molecule has 0 aromatic heterocycles. The van der Waals surface area contributed by atoms with Gasteiger partial charge in [-0.3, -0.25) is 4.79 Å². The molecule has 1 aliphatic heterocycles. The second kappa shape index (κ2) is 5.73. The zero-order chi connectivity index (χ0) is 13.7. The highest BCUT2D eigenvalue weighted by atomic mass is 35.5. The van der Waals surface area contributed by atoms with E-state index < -0.39 is 0 Å². The molecule has 0 aromatic rings. The molecule has 4 heteroatoms. The van der Waals surface area contributed by atoms with Gasteiger partial charge in [-0.25, -0.2) is 0 Å². The first-order valence-electron chi connectivity index (χ1n) is 8.66. The minimum absolute atomic E-state index is 0. The van der Waals surface area contributed by atoms with Crippen molar-refractivity contribution in [3.63, 3.8) is 0 Å². The lowest BCUT2D eigenvalue weighted by Crippen LogP contribution is -2.58. The number of piperidine rings is 1. The summed E-state index contributed by atoms with van der Waals surface area (Å²) in [4.78, 5) is 13.0. The molecule has 120 valence electrons. The summed E-state index contributed by atoms with van der Waals surface area (Å²) in [6.07, 6.45) is 8.96. The normalized spacial score (nSPS) is 47.8. The molecule has 1 saturated heterocycles. The summed E-state index contributed by atoms with van der Waals surface area (Å²) in [5.41, 5.74) is 0.0198. The Hall–Kier alpha value is -0.280. The maximum atomic E-state index is 13.0. The number of carbonyl (C=O) groups excluding carboxylic acids is 1. The quantitative estimate of drug-likeness (QED) is 0.823. The first kappa shape index (κ1) is 15.6. The van der Waals surface area contributed by atoms with E-state index in [9.17, 15) is 4.79 Å². The third kappa shape index (κ3) is 2.72. The highest BCUT2D eigenvalue weighted by Crippen LogP contribution is 2.60. The van der Waals surface area contributed by atoms with Gasteiger partial charge in [-0.15, -0.1) is 12.4 Å². The lowest BCUT2D eigenvalue weighted by Gasteiger charge is -2.56. The van der Waals surface area contributed by atoms with Crippen LogP contribution in [0.3, 0.4) is 0 Å². The van der Waals surface area contributed by atoms with Crippen molar-refractivity contribution in [1.29, 1.82) is 0 Å². The zero-order valence-corrected chi connectivity index (χ0v) is 13.9. The van der Waals surface area contributed by atoms with Crippen LogP contribution in [-0.2, 0) is 4.79 Å². The number of rotatable bonds is 2. The van der Waals surface area contributed by atoms with Crippen molar-refractivity contribution in [1.82, 2.24) is 10.6 Å². The van der Waals surface area contributed by atoms with Crippen molar-refractivity contribution in [2.45, 2.75) is 57.9 Å². The van der Waals surface area contributed by atoms with Crippen LogP contribution in [0, 0.1) is 29.1 Å². The van der Waals surface area contributed by atoms with Crippen LogP contribution in [0.4, 0.5) is 0 Å². The molecule has 4 bridgehead atoms. The molecule has 5 rings (SSSR count). The highest BCUT2D eigenvalue weighted by Gasteiger charge is 2.54. The summed E-state index contributed by atoms with van der Waals surface area (Å²) in [6, 6.07) is 0.351. The predicted molar refractivity (Wildman–Crippen MR) is 86.4 cm³/mol. The van der Waals surface area contributed by atoms with Gasteiger partial charge in [-0.1, -0.05) is 6.92 Å². The minimum Gasteiger partial charge on any atom is -0.351 e. The Balaban J connectivity index is 0.00000132. The lowest BCUT2D eigenvalue weighted by atomic mass is 9.49. The molecule has 2 atom stereocenters. The van der Waals surface area contributed by atoms with E-state index in [-0.39, 0.29) is 17.8 Å². The van der Waals surface area contributed by atoms with Crippen LogP contribution in [0.2, 0.25) is 0 Å². The standard InChI is InChI=1S/C17H28N2O.ClH/c1-11-2-3-18-10-15(11)19-16(20)17-7-12-4-13(8-17)6-14(5-12)9-17;/h11-15,18H,2-10H2,1H3,(H,19,20);1H. The van der Waals surface area contributed by atoms with Crippen LogP contribution < -0.4 is 10.6 Å². The molecule has 1 amide bonds. The van der Waals surface area contributed by atoms with Gasteiger partial charge in [0.2, 0.25) is 5.91 Å². The van der Waals surface area contributed by atoms with Gasteiger partial charge in [0.15, 0.2) is 0 Å². The van der Waals surface area contributed by atoms with E-state index in [1.54, 1.807) is 0 Å². The van der Waals surface area contributed by atoms with Crippen LogP contribution in [-0.4, -0.2) is 25.0 Å². The van der Waals surface area contributed by atoms with E-state index in [1.165, 1.54) is 44.9 Å². The van der Waals surface area contributed by atoms with Gasteiger partial charge in [0.05, 0.1) is 0 Å². The van der Waals surface area contributed by atoms with Crippen LogP contribution >= 0.6 is 12.4 Å². The average Bonchev–Trinajstić information content (AvgIpc) is 2.40. The lowest BCUT2D eigenvalue weighted by molar-refractivity contribution is -0.147. The Morgan fingerprint density at radius 1 is 1.10 bits per heavy atom. The van der Waals surface area contributed by atoms with Crippen molar-refractivity contribution in [3.05, 3.63) is 0 Å². The van der Waals surface area contributed by atoms with Crippen molar-refractivity contribution in [3.8, 4) is 0 Å². The van der Waals surface area contributed by atoms with Crippen LogP contribution in [0.1, 0.15) is 51.9 Å². The Morgan fingerprint density at radius 3 is 2.19 bits per heavy atom. The first-order valence-corrected chi connectivity index (χ1v) is 8.66. The molecular formula is C17H29ClN2O. The van der Waals surface area contributed by atoms with Crippen molar-refractivity contribution >= 4 is 18.3 Å². The topological polar surface area (TPSA) is 41.1 Å². The summed E-state index contributed by atoms with van der Waals surface area (Å²) in [5.74, 6) is 3.59. The molecule has 2 N–H and O–H groups in total. The van der Waals surface area contributed by atoms with E-state index in [1.807, 2.05) is 0 Å². The van der Waals surface area contributed by atoms with E-state index in [0.29, 0.717) is 17.9 Å². The second-order valence-electron chi connectivity index (χ2n) is 8.25. The number of carbonyl (C=O) groups is 1. The summed E-state index contributed by atoms with van der Waals surface area (Å²) < 4.78 is 0. The fourth-order valence-corrected chi connectivity index (χ4v) is 5.89.